The van der Waals surface area contributed by atoms with Gasteiger partial charge in [-0.3, -0.25) is 4.79 Å². The van der Waals surface area contributed by atoms with Crippen LogP contribution < -0.4 is 0 Å². The van der Waals surface area contributed by atoms with Gasteiger partial charge in [0, 0.05) is 12.3 Å². The molecule has 0 aliphatic heterocycles. The van der Waals surface area contributed by atoms with Crippen molar-refractivity contribution in [1.82, 2.24) is 0 Å². The molecule has 0 aromatic heterocycles. The summed E-state index contributed by atoms with van der Waals surface area (Å²) in [6.07, 6.45) is 9.43. The van der Waals surface area contributed by atoms with Crippen LogP contribution in [0.4, 0.5) is 0 Å². The quantitative estimate of drug-likeness (QED) is 0.644. The normalized spacial score (nSPS) is 26.4. The molecule has 0 N–H and O–H groups in total. The number of ketones is 1. The molecule has 1 fully saturated rings. The lowest BCUT2D eigenvalue weighted by atomic mass is 9.74. The van der Waals surface area contributed by atoms with E-state index in [2.05, 4.69) is 20.8 Å². The maximum Gasteiger partial charge on any atom is 0.136 e. The average Bonchev–Trinajstić information content (AvgIpc) is 2.30. The summed E-state index contributed by atoms with van der Waals surface area (Å²) in [7, 11) is 0. The maximum atomic E-state index is 11.9. The molecule has 0 spiro atoms. The van der Waals surface area contributed by atoms with Gasteiger partial charge in [0.1, 0.15) is 5.78 Å². The lowest BCUT2D eigenvalue weighted by Gasteiger charge is -2.30. The second-order valence-electron chi connectivity index (χ2n) is 5.51. The van der Waals surface area contributed by atoms with Gasteiger partial charge in [0.25, 0.3) is 0 Å². The van der Waals surface area contributed by atoms with Crippen molar-refractivity contribution < 1.29 is 4.79 Å². The average molecular weight is 224 g/mol. The Morgan fingerprint density at radius 2 is 1.94 bits per heavy atom. The molecule has 0 saturated heterocycles. The third-order valence-electron chi connectivity index (χ3n) is 4.34. The summed E-state index contributed by atoms with van der Waals surface area (Å²) >= 11 is 0. The van der Waals surface area contributed by atoms with Crippen LogP contribution in [-0.2, 0) is 4.79 Å². The molecule has 0 bridgehead atoms. The Labute approximate surface area is 101 Å². The molecule has 0 aromatic rings. The minimum Gasteiger partial charge on any atom is -0.299 e. The van der Waals surface area contributed by atoms with E-state index in [1.165, 1.54) is 32.1 Å². The molecule has 1 nitrogen and oxygen atoms in total. The highest BCUT2D eigenvalue weighted by Crippen LogP contribution is 2.34. The molecule has 1 aliphatic carbocycles. The minimum atomic E-state index is 0.398. The zero-order valence-corrected chi connectivity index (χ0v) is 11.3. The zero-order valence-electron chi connectivity index (χ0n) is 11.3. The first kappa shape index (κ1) is 13.7. The standard InChI is InChI=1S/C15H28O/c1-4-7-13-8-9-15(16)14(11-13)10-12(5-2)6-3/h12-14H,4-11H2,1-3H3. The Balaban J connectivity index is 2.45. The summed E-state index contributed by atoms with van der Waals surface area (Å²) in [4.78, 5) is 11.9. The van der Waals surface area contributed by atoms with Gasteiger partial charge in [0.15, 0.2) is 0 Å². The molecule has 2 unspecified atom stereocenters. The van der Waals surface area contributed by atoms with Crippen LogP contribution in [0.25, 0.3) is 0 Å². The third kappa shape index (κ3) is 3.92. The van der Waals surface area contributed by atoms with E-state index in [9.17, 15) is 4.79 Å². The lowest BCUT2D eigenvalue weighted by molar-refractivity contribution is -0.126. The monoisotopic (exact) mass is 224 g/mol. The molecule has 0 radical (unpaired) electrons. The molecule has 94 valence electrons. The van der Waals surface area contributed by atoms with Crippen molar-refractivity contribution in [2.45, 2.75) is 72.1 Å². The first-order chi connectivity index (χ1) is 7.71. The van der Waals surface area contributed by atoms with E-state index in [0.29, 0.717) is 11.7 Å². The molecule has 1 aliphatic rings. The van der Waals surface area contributed by atoms with Gasteiger partial charge < -0.3 is 0 Å². The number of hydrogen-bond donors (Lipinski definition) is 0. The van der Waals surface area contributed by atoms with E-state index < -0.39 is 0 Å². The molecular weight excluding hydrogens is 196 g/mol. The first-order valence-electron chi connectivity index (χ1n) is 7.23. The second kappa shape index (κ2) is 7.09. The number of carbonyl (C=O) groups excluding carboxylic acids is 1. The number of rotatable bonds is 6. The van der Waals surface area contributed by atoms with E-state index in [1.807, 2.05) is 0 Å². The topological polar surface area (TPSA) is 17.1 Å². The molecule has 1 saturated carbocycles. The van der Waals surface area contributed by atoms with Crippen LogP contribution in [0.2, 0.25) is 0 Å². The molecule has 0 amide bonds. The highest BCUT2D eigenvalue weighted by molar-refractivity contribution is 5.81. The Bertz CT molecular complexity index is 205. The second-order valence-corrected chi connectivity index (χ2v) is 5.51. The van der Waals surface area contributed by atoms with Gasteiger partial charge in [-0.1, -0.05) is 46.5 Å². The molecule has 0 aromatic carbocycles. The van der Waals surface area contributed by atoms with Crippen molar-refractivity contribution >= 4 is 5.78 Å². The highest BCUT2D eigenvalue weighted by atomic mass is 16.1. The van der Waals surface area contributed by atoms with Crippen molar-refractivity contribution in [2.75, 3.05) is 0 Å². The molecule has 1 rings (SSSR count). The summed E-state index contributed by atoms with van der Waals surface area (Å²) in [5.41, 5.74) is 0. The predicted octanol–water partition coefficient (Wildman–Crippen LogP) is 4.60. The van der Waals surface area contributed by atoms with Crippen LogP contribution in [0, 0.1) is 17.8 Å². The van der Waals surface area contributed by atoms with Crippen LogP contribution in [0.3, 0.4) is 0 Å². The molecular formula is C15H28O. The molecule has 0 heterocycles. The maximum absolute atomic E-state index is 11.9. The van der Waals surface area contributed by atoms with Crippen molar-refractivity contribution in [3.05, 3.63) is 0 Å². The van der Waals surface area contributed by atoms with E-state index in [-0.39, 0.29) is 0 Å². The van der Waals surface area contributed by atoms with Crippen LogP contribution in [0.1, 0.15) is 72.1 Å². The van der Waals surface area contributed by atoms with Gasteiger partial charge >= 0.3 is 0 Å². The van der Waals surface area contributed by atoms with E-state index in [4.69, 9.17) is 0 Å². The van der Waals surface area contributed by atoms with E-state index in [0.717, 1.165) is 31.1 Å². The minimum absolute atomic E-state index is 0.398. The van der Waals surface area contributed by atoms with Crippen LogP contribution in [0.5, 0.6) is 0 Å². The SMILES string of the molecule is CCCC1CCC(=O)C(CC(CC)CC)C1. The lowest BCUT2D eigenvalue weighted by Crippen LogP contribution is -2.26. The fourth-order valence-electron chi connectivity index (χ4n) is 3.12. The largest absolute Gasteiger partial charge is 0.299 e. The van der Waals surface area contributed by atoms with Crippen LogP contribution in [-0.4, -0.2) is 5.78 Å². The molecule has 16 heavy (non-hydrogen) atoms. The first-order valence-corrected chi connectivity index (χ1v) is 7.23. The Morgan fingerprint density at radius 3 is 2.50 bits per heavy atom. The van der Waals surface area contributed by atoms with Gasteiger partial charge in [-0.15, -0.1) is 0 Å². The van der Waals surface area contributed by atoms with Gasteiger partial charge in [-0.05, 0) is 31.1 Å². The number of carbonyl (C=O) groups is 1. The fraction of sp³-hybridized carbons (Fsp3) is 0.933. The summed E-state index contributed by atoms with van der Waals surface area (Å²) in [6, 6.07) is 0. The summed E-state index contributed by atoms with van der Waals surface area (Å²) < 4.78 is 0. The van der Waals surface area contributed by atoms with Gasteiger partial charge in [0.2, 0.25) is 0 Å². The van der Waals surface area contributed by atoms with Crippen LogP contribution in [0.15, 0.2) is 0 Å². The third-order valence-corrected chi connectivity index (χ3v) is 4.34. The van der Waals surface area contributed by atoms with Gasteiger partial charge in [0.05, 0.1) is 0 Å². The number of hydrogen-bond acceptors (Lipinski definition) is 1. The van der Waals surface area contributed by atoms with Crippen molar-refractivity contribution in [2.24, 2.45) is 17.8 Å². The zero-order chi connectivity index (χ0) is 12.0. The summed E-state index contributed by atoms with van der Waals surface area (Å²) in [5.74, 6) is 2.56. The molecule has 2 atom stereocenters. The van der Waals surface area contributed by atoms with Gasteiger partial charge in [-0.25, -0.2) is 0 Å². The smallest absolute Gasteiger partial charge is 0.136 e. The Kier molecular flexibility index (Phi) is 6.08. The van der Waals surface area contributed by atoms with Crippen molar-refractivity contribution in [3.63, 3.8) is 0 Å². The van der Waals surface area contributed by atoms with E-state index in [1.54, 1.807) is 0 Å². The predicted molar refractivity (Wildman–Crippen MR) is 69.4 cm³/mol. The van der Waals surface area contributed by atoms with E-state index >= 15 is 0 Å². The van der Waals surface area contributed by atoms with Crippen molar-refractivity contribution in [1.29, 1.82) is 0 Å². The molecule has 1 heteroatoms. The number of Topliss-reactive ketones (excluding diaryl/α,β-unsaturated/α-hetero) is 1. The van der Waals surface area contributed by atoms with Crippen LogP contribution >= 0.6 is 0 Å². The van der Waals surface area contributed by atoms with Crippen molar-refractivity contribution in [3.8, 4) is 0 Å². The van der Waals surface area contributed by atoms with Gasteiger partial charge in [-0.2, -0.15) is 0 Å². The summed E-state index contributed by atoms with van der Waals surface area (Å²) in [5, 5.41) is 0. The Morgan fingerprint density at radius 1 is 1.25 bits per heavy atom. The fourth-order valence-corrected chi connectivity index (χ4v) is 3.12. The summed E-state index contributed by atoms with van der Waals surface area (Å²) in [6.45, 7) is 6.77. The highest BCUT2D eigenvalue weighted by Gasteiger charge is 2.29. The Hall–Kier alpha value is -0.330.